The second-order valence-electron chi connectivity index (χ2n) is 3.58. The zero-order valence-electron chi connectivity index (χ0n) is 8.76. The molecule has 100 valence electrons. The smallest absolute Gasteiger partial charge is 0.331 e. The van der Waals surface area contributed by atoms with Gasteiger partial charge in [0.25, 0.3) is 0 Å². The normalized spacial score (nSPS) is 12.5. The van der Waals surface area contributed by atoms with Gasteiger partial charge in [0.05, 0.1) is 0 Å². The third kappa shape index (κ3) is 7.12. The maximum Gasteiger partial charge on any atom is 0.331 e. The highest BCUT2D eigenvalue weighted by Crippen LogP contribution is 2.35. The van der Waals surface area contributed by atoms with Crippen LogP contribution in [0.25, 0.3) is 0 Å². The molecule has 0 spiro atoms. The monoisotopic (exact) mass is 500 g/mol. The van der Waals surface area contributed by atoms with Gasteiger partial charge in [-0.1, -0.05) is 83.0 Å². The molecule has 8 heteroatoms. The van der Waals surface area contributed by atoms with Crippen molar-refractivity contribution in [3.05, 3.63) is 0 Å². The lowest BCUT2D eigenvalue weighted by Gasteiger charge is -2.16. The third-order valence-electron chi connectivity index (χ3n) is 2.11. The van der Waals surface area contributed by atoms with Crippen molar-refractivity contribution in [2.45, 2.75) is 38.6 Å². The van der Waals surface area contributed by atoms with Crippen LogP contribution >= 0.6 is 63.7 Å². The lowest BCUT2D eigenvalue weighted by atomic mass is 10.1. The SMILES string of the molecule is O=C(O)C(Br)(Br)CCCCCC(Br)(Br)C(=O)O. The van der Waals surface area contributed by atoms with Gasteiger partial charge in [-0.25, -0.2) is 9.59 Å². The van der Waals surface area contributed by atoms with Gasteiger partial charge in [0.1, 0.15) is 0 Å². The summed E-state index contributed by atoms with van der Waals surface area (Å²) in [5.41, 5.74) is 0. The molecule has 0 unspecified atom stereocenters. The van der Waals surface area contributed by atoms with E-state index in [0.29, 0.717) is 25.7 Å². The Kier molecular flexibility index (Phi) is 7.83. The summed E-state index contributed by atoms with van der Waals surface area (Å²) in [6, 6.07) is 0. The van der Waals surface area contributed by atoms with Crippen molar-refractivity contribution in [3.8, 4) is 0 Å². The molecule has 0 heterocycles. The first-order chi connectivity index (χ1) is 7.59. The van der Waals surface area contributed by atoms with Crippen LogP contribution in [0.4, 0.5) is 0 Å². The van der Waals surface area contributed by atoms with Gasteiger partial charge in [0, 0.05) is 0 Å². The molecular formula is C9H12Br4O4. The van der Waals surface area contributed by atoms with Crippen LogP contribution in [0.1, 0.15) is 32.1 Å². The Morgan fingerprint density at radius 1 is 0.765 bits per heavy atom. The van der Waals surface area contributed by atoms with Crippen molar-refractivity contribution >= 4 is 75.7 Å². The fourth-order valence-electron chi connectivity index (χ4n) is 1.08. The lowest BCUT2D eigenvalue weighted by Crippen LogP contribution is -2.24. The predicted molar refractivity (Wildman–Crippen MR) is 79.5 cm³/mol. The molecule has 0 saturated carbocycles. The fraction of sp³-hybridized carbons (Fsp3) is 0.778. The van der Waals surface area contributed by atoms with Gasteiger partial charge in [-0.15, -0.1) is 0 Å². The zero-order valence-corrected chi connectivity index (χ0v) is 15.1. The molecule has 0 saturated heterocycles. The molecule has 0 aliphatic carbocycles. The largest absolute Gasteiger partial charge is 0.480 e. The summed E-state index contributed by atoms with van der Waals surface area (Å²) in [5, 5.41) is 17.6. The zero-order chi connectivity index (χ0) is 13.7. The van der Waals surface area contributed by atoms with Crippen LogP contribution in [0.15, 0.2) is 0 Å². The average molecular weight is 504 g/mol. The molecule has 4 nitrogen and oxygen atoms in total. The number of hydrogen-bond donors (Lipinski definition) is 2. The molecular weight excluding hydrogens is 492 g/mol. The van der Waals surface area contributed by atoms with Crippen molar-refractivity contribution in [3.63, 3.8) is 0 Å². The van der Waals surface area contributed by atoms with Crippen LogP contribution in [0, 0.1) is 0 Å². The van der Waals surface area contributed by atoms with Gasteiger partial charge in [-0.3, -0.25) is 0 Å². The number of unbranched alkanes of at least 4 members (excludes halogenated alkanes) is 2. The number of carboxylic acids is 2. The quantitative estimate of drug-likeness (QED) is 0.387. The number of hydrogen-bond acceptors (Lipinski definition) is 2. The predicted octanol–water partition coefficient (Wildman–Crippen LogP) is 4.08. The molecule has 0 aromatic carbocycles. The first kappa shape index (κ1) is 17.9. The highest BCUT2D eigenvalue weighted by molar-refractivity contribution is 9.26. The van der Waals surface area contributed by atoms with Gasteiger partial charge in [-0.2, -0.15) is 0 Å². The van der Waals surface area contributed by atoms with Crippen LogP contribution in [0.2, 0.25) is 0 Å². The van der Waals surface area contributed by atoms with Crippen LogP contribution in [-0.4, -0.2) is 28.6 Å². The molecule has 0 aromatic rings. The Morgan fingerprint density at radius 3 is 1.29 bits per heavy atom. The molecule has 0 radical (unpaired) electrons. The number of alkyl halides is 4. The number of carbonyl (C=O) groups is 2. The lowest BCUT2D eigenvalue weighted by molar-refractivity contribution is -0.138. The second-order valence-corrected chi connectivity index (χ2v) is 11.1. The summed E-state index contributed by atoms with van der Waals surface area (Å²) in [4.78, 5) is 21.5. The third-order valence-corrected chi connectivity index (χ3v) is 5.05. The Labute approximate surface area is 133 Å². The summed E-state index contributed by atoms with van der Waals surface area (Å²) in [6.07, 6.45) is 3.02. The van der Waals surface area contributed by atoms with E-state index in [1.165, 1.54) is 0 Å². The molecule has 2 N–H and O–H groups in total. The topological polar surface area (TPSA) is 74.6 Å². The standard InChI is InChI=1S/C9H12Br4O4/c10-8(11,6(14)15)4-2-1-3-5-9(12,13)7(16)17/h1-5H2,(H,14,15)(H,16,17). The number of rotatable bonds is 8. The van der Waals surface area contributed by atoms with E-state index in [-0.39, 0.29) is 0 Å². The molecule has 17 heavy (non-hydrogen) atoms. The molecule has 0 bridgehead atoms. The summed E-state index contributed by atoms with van der Waals surface area (Å²) >= 11 is 12.3. The minimum atomic E-state index is -1.08. The van der Waals surface area contributed by atoms with E-state index >= 15 is 0 Å². The molecule has 0 aliphatic heterocycles. The van der Waals surface area contributed by atoms with Crippen molar-refractivity contribution in [2.24, 2.45) is 0 Å². The van der Waals surface area contributed by atoms with E-state index in [2.05, 4.69) is 63.7 Å². The molecule has 0 rings (SSSR count). The van der Waals surface area contributed by atoms with Crippen LogP contribution in [-0.2, 0) is 9.59 Å². The second kappa shape index (κ2) is 7.45. The van der Waals surface area contributed by atoms with E-state index in [1.54, 1.807) is 0 Å². The van der Waals surface area contributed by atoms with E-state index in [0.717, 1.165) is 6.42 Å². The van der Waals surface area contributed by atoms with E-state index in [4.69, 9.17) is 10.2 Å². The fourth-order valence-corrected chi connectivity index (χ4v) is 2.21. The minimum Gasteiger partial charge on any atom is -0.480 e. The summed E-state index contributed by atoms with van der Waals surface area (Å²) < 4.78 is -2.15. The number of aliphatic carboxylic acids is 2. The van der Waals surface area contributed by atoms with E-state index in [1.807, 2.05) is 0 Å². The molecule has 0 aromatic heterocycles. The Morgan fingerprint density at radius 2 is 1.06 bits per heavy atom. The van der Waals surface area contributed by atoms with Crippen molar-refractivity contribution < 1.29 is 19.8 Å². The maximum absolute atomic E-state index is 10.7. The van der Waals surface area contributed by atoms with Gasteiger partial charge in [-0.05, 0) is 12.8 Å². The minimum absolute atomic E-state index is 0.437. The summed E-state index contributed by atoms with van der Waals surface area (Å²) in [5.74, 6) is -1.92. The van der Waals surface area contributed by atoms with Crippen LogP contribution in [0.5, 0.6) is 0 Å². The highest BCUT2D eigenvalue weighted by atomic mass is 79.9. The van der Waals surface area contributed by atoms with Crippen LogP contribution in [0.3, 0.4) is 0 Å². The van der Waals surface area contributed by atoms with Crippen molar-refractivity contribution in [2.75, 3.05) is 0 Å². The number of halogens is 4. The summed E-state index contributed by atoms with van der Waals surface area (Å²) in [7, 11) is 0. The van der Waals surface area contributed by atoms with Gasteiger partial charge < -0.3 is 10.2 Å². The van der Waals surface area contributed by atoms with E-state index in [9.17, 15) is 9.59 Å². The first-order valence-corrected chi connectivity index (χ1v) is 7.99. The molecule has 0 aliphatic rings. The van der Waals surface area contributed by atoms with E-state index < -0.39 is 18.4 Å². The molecule has 0 atom stereocenters. The number of carboxylic acid groups (broad SMARTS) is 2. The first-order valence-electron chi connectivity index (χ1n) is 4.82. The Balaban J connectivity index is 3.81. The Bertz CT molecular complexity index is 263. The van der Waals surface area contributed by atoms with Crippen molar-refractivity contribution in [1.29, 1.82) is 0 Å². The van der Waals surface area contributed by atoms with Gasteiger partial charge in [0.15, 0.2) is 6.47 Å². The van der Waals surface area contributed by atoms with Gasteiger partial charge in [0.2, 0.25) is 0 Å². The highest BCUT2D eigenvalue weighted by Gasteiger charge is 2.33. The Hall–Kier alpha value is 0.860. The van der Waals surface area contributed by atoms with Crippen molar-refractivity contribution in [1.82, 2.24) is 0 Å². The molecule has 0 fully saturated rings. The maximum atomic E-state index is 10.7. The van der Waals surface area contributed by atoms with Crippen LogP contribution < -0.4 is 0 Å². The van der Waals surface area contributed by atoms with Gasteiger partial charge >= 0.3 is 11.9 Å². The average Bonchev–Trinajstić information content (AvgIpc) is 2.16. The summed E-state index contributed by atoms with van der Waals surface area (Å²) in [6.45, 7) is 0. The molecule has 0 amide bonds.